The molecule has 1 aromatic heterocycles. The van der Waals surface area contributed by atoms with E-state index in [9.17, 15) is 4.39 Å². The molecule has 0 aliphatic carbocycles. The van der Waals surface area contributed by atoms with E-state index in [0.29, 0.717) is 17.6 Å². The minimum absolute atomic E-state index is 0.269. The molecule has 1 aromatic carbocycles. The van der Waals surface area contributed by atoms with E-state index in [1.54, 1.807) is 12.1 Å². The van der Waals surface area contributed by atoms with Gasteiger partial charge in [-0.3, -0.25) is 5.43 Å². The van der Waals surface area contributed by atoms with E-state index in [0.717, 1.165) is 25.9 Å². The van der Waals surface area contributed by atoms with Crippen LogP contribution in [0.15, 0.2) is 24.3 Å². The Balaban J connectivity index is 1.88. The van der Waals surface area contributed by atoms with Gasteiger partial charge in [0.05, 0.1) is 0 Å². The summed E-state index contributed by atoms with van der Waals surface area (Å²) in [5, 5.41) is 2.96. The number of nitrogens with two attached hydrogens (primary N) is 1. The van der Waals surface area contributed by atoms with E-state index in [1.807, 2.05) is 0 Å². The van der Waals surface area contributed by atoms with Crippen molar-refractivity contribution in [2.75, 3.05) is 28.7 Å². The summed E-state index contributed by atoms with van der Waals surface area (Å²) in [4.78, 5) is 14.8. The second-order valence-electron chi connectivity index (χ2n) is 4.76. The molecule has 0 unspecified atom stereocenters. The van der Waals surface area contributed by atoms with Gasteiger partial charge < -0.3 is 10.2 Å². The van der Waals surface area contributed by atoms with Crippen LogP contribution in [-0.4, -0.2) is 28.0 Å². The summed E-state index contributed by atoms with van der Waals surface area (Å²) in [5.74, 6) is 6.22. The van der Waals surface area contributed by atoms with Crippen molar-refractivity contribution in [3.05, 3.63) is 30.1 Å². The molecule has 110 valence electrons. The van der Waals surface area contributed by atoms with Crippen LogP contribution in [0.1, 0.15) is 12.8 Å². The molecule has 1 aliphatic rings. The predicted octanol–water partition coefficient (Wildman–Crippen LogP) is 1.64. The predicted molar refractivity (Wildman–Crippen MR) is 78.8 cm³/mol. The average Bonchev–Trinajstić information content (AvgIpc) is 3.01. The lowest BCUT2D eigenvalue weighted by Gasteiger charge is -2.16. The first kappa shape index (κ1) is 13.5. The number of aromatic nitrogens is 3. The Bertz CT molecular complexity index is 628. The summed E-state index contributed by atoms with van der Waals surface area (Å²) in [6.07, 6.45) is 2.23. The topological polar surface area (TPSA) is 92.0 Å². The highest BCUT2D eigenvalue weighted by molar-refractivity contribution is 5.55. The number of nitrogens with one attached hydrogen (secondary N) is 2. The molecule has 1 aliphatic heterocycles. The van der Waals surface area contributed by atoms with Crippen LogP contribution >= 0.6 is 0 Å². The molecule has 0 atom stereocenters. The van der Waals surface area contributed by atoms with Gasteiger partial charge in [-0.2, -0.15) is 15.0 Å². The number of hydrogen-bond acceptors (Lipinski definition) is 7. The molecule has 0 radical (unpaired) electrons. The van der Waals surface area contributed by atoms with Gasteiger partial charge in [-0.25, -0.2) is 10.2 Å². The first-order chi connectivity index (χ1) is 10.2. The molecule has 3 rings (SSSR count). The van der Waals surface area contributed by atoms with Gasteiger partial charge in [-0.05, 0) is 31.0 Å². The SMILES string of the molecule is NNc1nc(Nc2cccc(F)c2)nc(N2CCCC2)n1. The molecule has 0 spiro atoms. The van der Waals surface area contributed by atoms with E-state index in [4.69, 9.17) is 5.84 Å². The van der Waals surface area contributed by atoms with Crippen LogP contribution in [0.4, 0.5) is 27.9 Å². The molecule has 7 nitrogen and oxygen atoms in total. The summed E-state index contributed by atoms with van der Waals surface area (Å²) < 4.78 is 13.2. The van der Waals surface area contributed by atoms with Crippen LogP contribution in [0.2, 0.25) is 0 Å². The molecule has 0 saturated carbocycles. The van der Waals surface area contributed by atoms with Crippen molar-refractivity contribution in [1.29, 1.82) is 0 Å². The summed E-state index contributed by atoms with van der Waals surface area (Å²) in [5.41, 5.74) is 2.99. The maximum absolute atomic E-state index is 13.2. The number of nitrogen functional groups attached to an aromatic ring is 1. The Morgan fingerprint density at radius 2 is 1.86 bits per heavy atom. The summed E-state index contributed by atoms with van der Waals surface area (Å²) in [6.45, 7) is 1.82. The number of hydrogen-bond donors (Lipinski definition) is 3. The van der Waals surface area contributed by atoms with E-state index in [2.05, 4.69) is 30.6 Å². The Morgan fingerprint density at radius 3 is 2.57 bits per heavy atom. The maximum atomic E-state index is 13.2. The molecule has 0 amide bonds. The van der Waals surface area contributed by atoms with Crippen molar-refractivity contribution >= 4 is 23.5 Å². The highest BCUT2D eigenvalue weighted by Crippen LogP contribution is 2.20. The number of halogens is 1. The third-order valence-corrected chi connectivity index (χ3v) is 3.22. The van der Waals surface area contributed by atoms with Crippen LogP contribution in [0.5, 0.6) is 0 Å². The normalized spacial score (nSPS) is 14.3. The molecular weight excluding hydrogens is 273 g/mol. The second kappa shape index (κ2) is 5.88. The van der Waals surface area contributed by atoms with Gasteiger partial charge in [0.2, 0.25) is 17.8 Å². The lowest BCUT2D eigenvalue weighted by Crippen LogP contribution is -2.23. The third kappa shape index (κ3) is 3.16. The van der Waals surface area contributed by atoms with E-state index >= 15 is 0 Å². The second-order valence-corrected chi connectivity index (χ2v) is 4.76. The fourth-order valence-electron chi connectivity index (χ4n) is 2.24. The quantitative estimate of drug-likeness (QED) is 0.582. The van der Waals surface area contributed by atoms with Gasteiger partial charge in [0.25, 0.3) is 0 Å². The Kier molecular flexibility index (Phi) is 3.78. The summed E-state index contributed by atoms with van der Waals surface area (Å²) in [7, 11) is 0. The van der Waals surface area contributed by atoms with Crippen molar-refractivity contribution in [1.82, 2.24) is 15.0 Å². The minimum atomic E-state index is -0.328. The minimum Gasteiger partial charge on any atom is -0.341 e. The zero-order valence-corrected chi connectivity index (χ0v) is 11.4. The van der Waals surface area contributed by atoms with E-state index in [1.165, 1.54) is 12.1 Å². The van der Waals surface area contributed by atoms with Gasteiger partial charge in [0.1, 0.15) is 5.82 Å². The molecular formula is C13H16FN7. The molecule has 4 N–H and O–H groups in total. The number of rotatable bonds is 4. The van der Waals surface area contributed by atoms with Crippen molar-refractivity contribution in [2.45, 2.75) is 12.8 Å². The number of benzene rings is 1. The van der Waals surface area contributed by atoms with Crippen LogP contribution in [0, 0.1) is 5.82 Å². The Hall–Kier alpha value is -2.48. The van der Waals surface area contributed by atoms with Crippen LogP contribution in [0.3, 0.4) is 0 Å². The smallest absolute Gasteiger partial charge is 0.243 e. The van der Waals surface area contributed by atoms with Crippen LogP contribution in [0.25, 0.3) is 0 Å². The van der Waals surface area contributed by atoms with Gasteiger partial charge in [-0.15, -0.1) is 0 Å². The lowest BCUT2D eigenvalue weighted by molar-refractivity contribution is 0.628. The molecule has 1 fully saturated rings. The van der Waals surface area contributed by atoms with E-state index < -0.39 is 0 Å². The van der Waals surface area contributed by atoms with E-state index in [-0.39, 0.29) is 11.8 Å². The number of anilines is 4. The van der Waals surface area contributed by atoms with Crippen molar-refractivity contribution in [2.24, 2.45) is 5.84 Å². The summed E-state index contributed by atoms with van der Waals surface area (Å²) >= 11 is 0. The molecule has 0 bridgehead atoms. The molecule has 21 heavy (non-hydrogen) atoms. The fourth-order valence-corrected chi connectivity index (χ4v) is 2.24. The lowest BCUT2D eigenvalue weighted by atomic mass is 10.3. The van der Waals surface area contributed by atoms with Crippen LogP contribution in [-0.2, 0) is 0 Å². The number of nitrogens with zero attached hydrogens (tertiary/aromatic N) is 4. The van der Waals surface area contributed by atoms with Crippen molar-refractivity contribution in [3.63, 3.8) is 0 Å². The van der Waals surface area contributed by atoms with Gasteiger partial charge in [0.15, 0.2) is 0 Å². The molecule has 2 aromatic rings. The standard InChI is InChI=1S/C13H16FN7/c14-9-4-3-5-10(8-9)16-11-17-12(20-15)19-13(18-11)21-6-1-2-7-21/h3-5,8H,1-2,6-7,15H2,(H2,16,17,18,19,20). The number of hydrazine groups is 1. The fraction of sp³-hybridized carbons (Fsp3) is 0.308. The van der Waals surface area contributed by atoms with Crippen LogP contribution < -0.4 is 21.5 Å². The van der Waals surface area contributed by atoms with Gasteiger partial charge in [-0.1, -0.05) is 6.07 Å². The maximum Gasteiger partial charge on any atom is 0.243 e. The average molecular weight is 289 g/mol. The molecule has 2 heterocycles. The zero-order chi connectivity index (χ0) is 14.7. The highest BCUT2D eigenvalue weighted by atomic mass is 19.1. The van der Waals surface area contributed by atoms with Crippen molar-refractivity contribution in [3.8, 4) is 0 Å². The third-order valence-electron chi connectivity index (χ3n) is 3.22. The van der Waals surface area contributed by atoms with Gasteiger partial charge >= 0.3 is 0 Å². The molecule has 1 saturated heterocycles. The Labute approximate surface area is 121 Å². The van der Waals surface area contributed by atoms with Crippen molar-refractivity contribution < 1.29 is 4.39 Å². The zero-order valence-electron chi connectivity index (χ0n) is 11.4. The Morgan fingerprint density at radius 1 is 1.10 bits per heavy atom. The monoisotopic (exact) mass is 289 g/mol. The molecule has 8 heteroatoms. The largest absolute Gasteiger partial charge is 0.341 e. The van der Waals surface area contributed by atoms with Gasteiger partial charge in [0, 0.05) is 18.8 Å². The first-order valence-corrected chi connectivity index (χ1v) is 6.75. The summed E-state index contributed by atoms with van der Waals surface area (Å²) in [6, 6.07) is 6.09. The first-order valence-electron chi connectivity index (χ1n) is 6.75. The highest BCUT2D eigenvalue weighted by Gasteiger charge is 2.17.